The van der Waals surface area contributed by atoms with E-state index < -0.39 is 5.97 Å². The SMILES string of the molecule is C/C(=C\C1CC(O)CCC1CCC(C)C)C(=O)O. The number of hydrogen-bond acceptors (Lipinski definition) is 2. The largest absolute Gasteiger partial charge is 0.478 e. The first-order valence-corrected chi connectivity index (χ1v) is 7.00. The highest BCUT2D eigenvalue weighted by Crippen LogP contribution is 2.35. The van der Waals surface area contributed by atoms with Gasteiger partial charge in [0.1, 0.15) is 0 Å². The minimum atomic E-state index is -0.849. The van der Waals surface area contributed by atoms with Crippen LogP contribution >= 0.6 is 0 Å². The maximum atomic E-state index is 10.9. The van der Waals surface area contributed by atoms with E-state index in [1.165, 1.54) is 6.42 Å². The second-order valence-electron chi connectivity index (χ2n) is 6.02. The van der Waals surface area contributed by atoms with Crippen LogP contribution in [0.25, 0.3) is 0 Å². The van der Waals surface area contributed by atoms with E-state index in [1.807, 2.05) is 6.08 Å². The van der Waals surface area contributed by atoms with Crippen molar-refractivity contribution in [3.63, 3.8) is 0 Å². The third-order valence-electron chi connectivity index (χ3n) is 3.94. The van der Waals surface area contributed by atoms with Crippen LogP contribution < -0.4 is 0 Å². The standard InChI is InChI=1S/C15H26O3/c1-10(2)4-5-12-6-7-14(16)9-13(12)8-11(3)15(17)18/h8,10,12-14,16H,4-7,9H2,1-3H3,(H,17,18)/b11-8+. The van der Waals surface area contributed by atoms with Gasteiger partial charge in [0.2, 0.25) is 0 Å². The molecular weight excluding hydrogens is 228 g/mol. The number of aliphatic carboxylic acids is 1. The van der Waals surface area contributed by atoms with Crippen molar-refractivity contribution < 1.29 is 15.0 Å². The first kappa shape index (κ1) is 15.2. The Morgan fingerprint density at radius 2 is 2.06 bits per heavy atom. The van der Waals surface area contributed by atoms with Crippen molar-refractivity contribution in [3.05, 3.63) is 11.6 Å². The highest BCUT2D eigenvalue weighted by atomic mass is 16.4. The lowest BCUT2D eigenvalue weighted by atomic mass is 9.74. The molecule has 0 aromatic rings. The summed E-state index contributed by atoms with van der Waals surface area (Å²) >= 11 is 0. The van der Waals surface area contributed by atoms with Crippen molar-refractivity contribution in [2.45, 2.75) is 59.0 Å². The molecule has 1 fully saturated rings. The summed E-state index contributed by atoms with van der Waals surface area (Å²) in [7, 11) is 0. The molecular formula is C15H26O3. The third kappa shape index (κ3) is 4.81. The average Bonchev–Trinajstić information content (AvgIpc) is 2.27. The predicted molar refractivity (Wildman–Crippen MR) is 72.3 cm³/mol. The van der Waals surface area contributed by atoms with Crippen LogP contribution in [0.4, 0.5) is 0 Å². The zero-order chi connectivity index (χ0) is 13.7. The number of allylic oxidation sites excluding steroid dienone is 1. The average molecular weight is 254 g/mol. The molecule has 3 atom stereocenters. The van der Waals surface area contributed by atoms with E-state index in [0.29, 0.717) is 23.8 Å². The lowest BCUT2D eigenvalue weighted by Crippen LogP contribution is -2.27. The van der Waals surface area contributed by atoms with Gasteiger partial charge in [0.15, 0.2) is 0 Å². The van der Waals surface area contributed by atoms with Crippen molar-refractivity contribution in [1.29, 1.82) is 0 Å². The van der Waals surface area contributed by atoms with E-state index in [9.17, 15) is 9.90 Å². The van der Waals surface area contributed by atoms with Gasteiger partial charge in [0, 0.05) is 5.57 Å². The molecule has 0 saturated heterocycles. The molecule has 0 heterocycles. The van der Waals surface area contributed by atoms with Crippen molar-refractivity contribution in [1.82, 2.24) is 0 Å². The van der Waals surface area contributed by atoms with Crippen molar-refractivity contribution in [2.75, 3.05) is 0 Å². The van der Waals surface area contributed by atoms with Crippen LogP contribution in [0.15, 0.2) is 11.6 Å². The number of carboxylic acids is 1. The normalized spacial score (nSPS) is 29.6. The van der Waals surface area contributed by atoms with E-state index in [4.69, 9.17) is 5.11 Å². The molecule has 18 heavy (non-hydrogen) atoms. The second kappa shape index (κ2) is 6.93. The third-order valence-corrected chi connectivity index (χ3v) is 3.94. The fourth-order valence-corrected chi connectivity index (χ4v) is 2.75. The molecule has 2 N–H and O–H groups in total. The number of carboxylic acid groups (broad SMARTS) is 1. The summed E-state index contributed by atoms with van der Waals surface area (Å²) < 4.78 is 0. The summed E-state index contributed by atoms with van der Waals surface area (Å²) in [5.41, 5.74) is 0.406. The molecule has 3 nitrogen and oxygen atoms in total. The molecule has 1 rings (SSSR count). The summed E-state index contributed by atoms with van der Waals surface area (Å²) in [5, 5.41) is 18.7. The summed E-state index contributed by atoms with van der Waals surface area (Å²) in [6.45, 7) is 6.07. The fourth-order valence-electron chi connectivity index (χ4n) is 2.75. The van der Waals surface area contributed by atoms with Crippen LogP contribution in [0.3, 0.4) is 0 Å². The van der Waals surface area contributed by atoms with Gasteiger partial charge < -0.3 is 10.2 Å². The number of rotatable bonds is 5. The van der Waals surface area contributed by atoms with Crippen LogP contribution in [-0.2, 0) is 4.79 Å². The highest BCUT2D eigenvalue weighted by Gasteiger charge is 2.28. The molecule has 0 aliphatic heterocycles. The van der Waals surface area contributed by atoms with E-state index in [-0.39, 0.29) is 12.0 Å². The monoisotopic (exact) mass is 254 g/mol. The van der Waals surface area contributed by atoms with Gasteiger partial charge in [-0.05, 0) is 50.4 Å². The minimum Gasteiger partial charge on any atom is -0.478 e. The molecule has 0 bridgehead atoms. The van der Waals surface area contributed by atoms with Crippen molar-refractivity contribution >= 4 is 5.97 Å². The zero-order valence-corrected chi connectivity index (χ0v) is 11.7. The first-order chi connectivity index (χ1) is 8.40. The Kier molecular flexibility index (Phi) is 5.86. The molecule has 0 aromatic heterocycles. The maximum absolute atomic E-state index is 10.9. The van der Waals surface area contributed by atoms with Crippen LogP contribution in [0, 0.1) is 17.8 Å². The van der Waals surface area contributed by atoms with Crippen LogP contribution in [-0.4, -0.2) is 22.3 Å². The lowest BCUT2D eigenvalue weighted by molar-refractivity contribution is -0.132. The minimum absolute atomic E-state index is 0.226. The summed E-state index contributed by atoms with van der Waals surface area (Å²) in [6.07, 6.45) is 6.50. The van der Waals surface area contributed by atoms with Gasteiger partial charge in [0.05, 0.1) is 6.10 Å². The van der Waals surface area contributed by atoms with Gasteiger partial charge in [-0.25, -0.2) is 4.79 Å². The van der Waals surface area contributed by atoms with E-state index in [0.717, 1.165) is 19.3 Å². The van der Waals surface area contributed by atoms with E-state index >= 15 is 0 Å². The Morgan fingerprint density at radius 1 is 1.39 bits per heavy atom. The molecule has 0 spiro atoms. The molecule has 0 radical (unpaired) electrons. The van der Waals surface area contributed by atoms with Gasteiger partial charge in [0.25, 0.3) is 0 Å². The highest BCUT2D eigenvalue weighted by molar-refractivity contribution is 5.85. The van der Waals surface area contributed by atoms with Gasteiger partial charge in [-0.15, -0.1) is 0 Å². The van der Waals surface area contributed by atoms with E-state index in [1.54, 1.807) is 6.92 Å². The first-order valence-electron chi connectivity index (χ1n) is 7.00. The topological polar surface area (TPSA) is 57.5 Å². The summed E-state index contributed by atoms with van der Waals surface area (Å²) in [5.74, 6) is 0.591. The molecule has 0 amide bonds. The molecule has 1 aliphatic carbocycles. The molecule has 1 saturated carbocycles. The Hall–Kier alpha value is -0.830. The number of aliphatic hydroxyl groups is 1. The predicted octanol–water partition coefficient (Wildman–Crippen LogP) is 3.23. The van der Waals surface area contributed by atoms with Gasteiger partial charge in [-0.1, -0.05) is 26.3 Å². The maximum Gasteiger partial charge on any atom is 0.330 e. The van der Waals surface area contributed by atoms with Crippen molar-refractivity contribution in [3.8, 4) is 0 Å². The number of carbonyl (C=O) groups is 1. The quantitative estimate of drug-likeness (QED) is 0.741. The molecule has 0 aromatic carbocycles. The lowest BCUT2D eigenvalue weighted by Gasteiger charge is -2.33. The second-order valence-corrected chi connectivity index (χ2v) is 6.02. The van der Waals surface area contributed by atoms with Crippen LogP contribution in [0.5, 0.6) is 0 Å². The Labute approximate surface area is 110 Å². The van der Waals surface area contributed by atoms with Gasteiger partial charge in [-0.3, -0.25) is 0 Å². The van der Waals surface area contributed by atoms with Gasteiger partial charge in [-0.2, -0.15) is 0 Å². The van der Waals surface area contributed by atoms with E-state index in [2.05, 4.69) is 13.8 Å². The van der Waals surface area contributed by atoms with Crippen molar-refractivity contribution in [2.24, 2.45) is 17.8 Å². The fraction of sp³-hybridized carbons (Fsp3) is 0.800. The Morgan fingerprint density at radius 3 is 2.61 bits per heavy atom. The zero-order valence-electron chi connectivity index (χ0n) is 11.7. The number of hydrogen-bond donors (Lipinski definition) is 2. The Balaban J connectivity index is 2.67. The molecule has 1 aliphatic rings. The Bertz CT molecular complexity index is 307. The number of aliphatic hydroxyl groups excluding tert-OH is 1. The van der Waals surface area contributed by atoms with Gasteiger partial charge >= 0.3 is 5.97 Å². The molecule has 3 unspecified atom stereocenters. The van der Waals surface area contributed by atoms with Crippen LogP contribution in [0.2, 0.25) is 0 Å². The van der Waals surface area contributed by atoms with Crippen LogP contribution in [0.1, 0.15) is 52.9 Å². The summed E-state index contributed by atoms with van der Waals surface area (Å²) in [4.78, 5) is 10.9. The smallest absolute Gasteiger partial charge is 0.330 e. The summed E-state index contributed by atoms with van der Waals surface area (Å²) in [6, 6.07) is 0. The molecule has 3 heteroatoms. The molecule has 104 valence electrons.